The van der Waals surface area contributed by atoms with Crippen molar-refractivity contribution in [1.29, 1.82) is 5.26 Å². The predicted molar refractivity (Wildman–Crippen MR) is 111 cm³/mol. The number of nitrogens with zero attached hydrogens (tertiary/aromatic N) is 2. The van der Waals surface area contributed by atoms with Crippen LogP contribution in [0.1, 0.15) is 40.6 Å². The van der Waals surface area contributed by atoms with Gasteiger partial charge in [0.1, 0.15) is 5.52 Å². The summed E-state index contributed by atoms with van der Waals surface area (Å²) >= 11 is 0. The largest absolute Gasteiger partial charge is 0.440 e. The maximum atomic E-state index is 13.0. The third-order valence-electron chi connectivity index (χ3n) is 5.10. The highest BCUT2D eigenvalue weighted by Crippen LogP contribution is 2.40. The third-order valence-corrected chi connectivity index (χ3v) is 5.10. The van der Waals surface area contributed by atoms with Crippen molar-refractivity contribution < 1.29 is 9.21 Å². The number of carbonyl (C=O) groups is 1. The third kappa shape index (κ3) is 3.26. The van der Waals surface area contributed by atoms with Crippen LogP contribution in [0.15, 0.2) is 71.1 Å². The summed E-state index contributed by atoms with van der Waals surface area (Å²) in [6.07, 6.45) is 2.24. The Labute approximate surface area is 167 Å². The molecule has 5 heteroatoms. The zero-order valence-corrected chi connectivity index (χ0v) is 15.6. The highest BCUT2D eigenvalue weighted by Gasteiger charge is 2.29. The molecule has 0 spiro atoms. The standard InChI is InChI=1S/C24H17N3O2/c25-14-16-5-1-2-6-18(16)19-7-3-4-8-20(19)23(28)26-17-11-12-22-21(13-17)27-24(29-22)15-9-10-15/h1-8,11-13,15H,9-10H2,(H,26,28). The molecule has 1 fully saturated rings. The Balaban J connectivity index is 1.47. The minimum Gasteiger partial charge on any atom is -0.440 e. The number of hydrogen-bond donors (Lipinski definition) is 1. The number of nitriles is 1. The summed E-state index contributed by atoms with van der Waals surface area (Å²) < 4.78 is 5.78. The number of nitrogens with one attached hydrogen (secondary N) is 1. The molecule has 0 bridgehead atoms. The van der Waals surface area contributed by atoms with Gasteiger partial charge in [0.2, 0.25) is 0 Å². The van der Waals surface area contributed by atoms with Crippen molar-refractivity contribution in [2.24, 2.45) is 0 Å². The number of oxazole rings is 1. The number of amides is 1. The number of benzene rings is 3. The topological polar surface area (TPSA) is 78.9 Å². The van der Waals surface area contributed by atoms with E-state index in [0.717, 1.165) is 41.0 Å². The first-order valence-corrected chi connectivity index (χ1v) is 9.53. The lowest BCUT2D eigenvalue weighted by Crippen LogP contribution is -2.13. The van der Waals surface area contributed by atoms with Gasteiger partial charge in [-0.05, 0) is 48.7 Å². The van der Waals surface area contributed by atoms with Crippen molar-refractivity contribution in [3.05, 3.63) is 83.7 Å². The summed E-state index contributed by atoms with van der Waals surface area (Å²) in [5.41, 5.74) is 4.63. The summed E-state index contributed by atoms with van der Waals surface area (Å²) in [7, 11) is 0. The average Bonchev–Trinajstić information content (AvgIpc) is 3.53. The Morgan fingerprint density at radius 1 is 1.03 bits per heavy atom. The van der Waals surface area contributed by atoms with Gasteiger partial charge in [-0.2, -0.15) is 5.26 Å². The van der Waals surface area contributed by atoms with Crippen LogP contribution in [-0.2, 0) is 0 Å². The maximum absolute atomic E-state index is 13.0. The quantitative estimate of drug-likeness (QED) is 0.508. The van der Waals surface area contributed by atoms with Gasteiger partial charge in [-0.1, -0.05) is 36.4 Å². The Bertz CT molecular complexity index is 1280. The fraction of sp³-hybridized carbons (Fsp3) is 0.125. The molecule has 140 valence electrons. The van der Waals surface area contributed by atoms with Gasteiger partial charge in [-0.3, -0.25) is 4.79 Å². The summed E-state index contributed by atoms with van der Waals surface area (Å²) in [6, 6.07) is 22.2. The van der Waals surface area contributed by atoms with Crippen molar-refractivity contribution in [2.75, 3.05) is 5.32 Å². The maximum Gasteiger partial charge on any atom is 0.256 e. The molecular weight excluding hydrogens is 362 g/mol. The van der Waals surface area contributed by atoms with Crippen molar-refractivity contribution in [1.82, 2.24) is 4.98 Å². The van der Waals surface area contributed by atoms with Crippen molar-refractivity contribution in [2.45, 2.75) is 18.8 Å². The minimum atomic E-state index is -0.237. The molecule has 29 heavy (non-hydrogen) atoms. The van der Waals surface area contributed by atoms with E-state index in [9.17, 15) is 10.1 Å². The first-order valence-electron chi connectivity index (χ1n) is 9.53. The first kappa shape index (κ1) is 17.2. The molecule has 1 heterocycles. The predicted octanol–water partition coefficient (Wildman–Crippen LogP) is 5.50. The van der Waals surface area contributed by atoms with Crippen molar-refractivity contribution in [3.8, 4) is 17.2 Å². The molecule has 1 aliphatic rings. The Morgan fingerprint density at radius 3 is 2.59 bits per heavy atom. The second-order valence-electron chi connectivity index (χ2n) is 7.17. The number of rotatable bonds is 4. The summed E-state index contributed by atoms with van der Waals surface area (Å²) in [5.74, 6) is 0.980. The number of hydrogen-bond acceptors (Lipinski definition) is 4. The van der Waals surface area contributed by atoms with Crippen LogP contribution in [0.25, 0.3) is 22.2 Å². The molecule has 0 radical (unpaired) electrons. The molecule has 0 atom stereocenters. The Kier molecular flexibility index (Phi) is 4.10. The Morgan fingerprint density at radius 2 is 1.79 bits per heavy atom. The van der Waals surface area contributed by atoms with Gasteiger partial charge >= 0.3 is 0 Å². The number of aromatic nitrogens is 1. The fourth-order valence-electron chi connectivity index (χ4n) is 3.46. The molecule has 4 aromatic rings. The van der Waals surface area contributed by atoms with Crippen LogP contribution in [0.5, 0.6) is 0 Å². The van der Waals surface area contributed by atoms with Gasteiger partial charge in [-0.15, -0.1) is 0 Å². The van der Waals surface area contributed by atoms with Crippen LogP contribution < -0.4 is 5.32 Å². The molecule has 1 aromatic heterocycles. The van der Waals surface area contributed by atoms with E-state index in [1.165, 1.54) is 0 Å². The highest BCUT2D eigenvalue weighted by molar-refractivity contribution is 6.09. The number of carbonyl (C=O) groups excluding carboxylic acids is 1. The summed E-state index contributed by atoms with van der Waals surface area (Å²) in [4.78, 5) is 17.6. The monoisotopic (exact) mass is 379 g/mol. The van der Waals surface area contributed by atoms with Crippen molar-refractivity contribution >= 4 is 22.7 Å². The normalized spacial score (nSPS) is 13.2. The van der Waals surface area contributed by atoms with Gasteiger partial charge in [0, 0.05) is 22.7 Å². The molecule has 0 aliphatic heterocycles. The molecule has 5 rings (SSSR count). The molecule has 1 aliphatic carbocycles. The SMILES string of the molecule is N#Cc1ccccc1-c1ccccc1C(=O)Nc1ccc2oc(C3CC3)nc2c1. The lowest BCUT2D eigenvalue weighted by atomic mass is 9.95. The minimum absolute atomic E-state index is 0.237. The van der Waals surface area contributed by atoms with E-state index in [0.29, 0.717) is 22.7 Å². The average molecular weight is 379 g/mol. The number of fused-ring (bicyclic) bond motifs is 1. The van der Waals surface area contributed by atoms with Gasteiger partial charge in [0.15, 0.2) is 11.5 Å². The van der Waals surface area contributed by atoms with Crippen LogP contribution in [-0.4, -0.2) is 10.9 Å². The molecule has 1 amide bonds. The summed E-state index contributed by atoms with van der Waals surface area (Å²) in [6.45, 7) is 0. The summed E-state index contributed by atoms with van der Waals surface area (Å²) in [5, 5.41) is 12.4. The second kappa shape index (κ2) is 6.92. The van der Waals surface area contributed by atoms with E-state index in [4.69, 9.17) is 4.42 Å². The van der Waals surface area contributed by atoms with Crippen LogP contribution >= 0.6 is 0 Å². The molecular formula is C24H17N3O2. The van der Waals surface area contributed by atoms with Crippen LogP contribution in [0.4, 0.5) is 5.69 Å². The zero-order valence-electron chi connectivity index (χ0n) is 15.6. The van der Waals surface area contributed by atoms with E-state index in [1.54, 1.807) is 12.1 Å². The van der Waals surface area contributed by atoms with Gasteiger partial charge in [0.25, 0.3) is 5.91 Å². The Hall–Kier alpha value is -3.91. The number of anilines is 1. The molecule has 1 N–H and O–H groups in total. The smallest absolute Gasteiger partial charge is 0.256 e. The van der Waals surface area contributed by atoms with Crippen LogP contribution in [0.3, 0.4) is 0 Å². The fourth-order valence-corrected chi connectivity index (χ4v) is 3.46. The van der Waals surface area contributed by atoms with E-state index in [-0.39, 0.29) is 5.91 Å². The van der Waals surface area contributed by atoms with E-state index in [2.05, 4.69) is 16.4 Å². The molecule has 1 saturated carbocycles. The molecule has 0 unspecified atom stereocenters. The molecule has 3 aromatic carbocycles. The van der Waals surface area contributed by atoms with Gasteiger partial charge in [-0.25, -0.2) is 4.98 Å². The molecule has 5 nitrogen and oxygen atoms in total. The second-order valence-corrected chi connectivity index (χ2v) is 7.17. The van der Waals surface area contributed by atoms with Gasteiger partial charge in [0.05, 0.1) is 11.6 Å². The van der Waals surface area contributed by atoms with E-state index < -0.39 is 0 Å². The van der Waals surface area contributed by atoms with Gasteiger partial charge < -0.3 is 9.73 Å². The first-order chi connectivity index (χ1) is 14.2. The lowest BCUT2D eigenvalue weighted by molar-refractivity contribution is 0.102. The lowest BCUT2D eigenvalue weighted by Gasteiger charge is -2.11. The van der Waals surface area contributed by atoms with Crippen LogP contribution in [0.2, 0.25) is 0 Å². The van der Waals surface area contributed by atoms with Crippen LogP contribution in [0, 0.1) is 11.3 Å². The highest BCUT2D eigenvalue weighted by atomic mass is 16.3. The molecule has 0 saturated heterocycles. The van der Waals surface area contributed by atoms with Crippen molar-refractivity contribution in [3.63, 3.8) is 0 Å². The zero-order chi connectivity index (χ0) is 19.8. The van der Waals surface area contributed by atoms with E-state index >= 15 is 0 Å². The van der Waals surface area contributed by atoms with E-state index in [1.807, 2.05) is 54.6 Å².